The van der Waals surface area contributed by atoms with Crippen molar-refractivity contribution in [1.82, 2.24) is 30.1 Å². The molecule has 4 amide bonds. The molecule has 1 N–H and O–H groups in total. The largest absolute Gasteiger partial charge is 0.334 e. The number of imide groups is 1. The lowest BCUT2D eigenvalue weighted by Gasteiger charge is -2.47. The van der Waals surface area contributed by atoms with Crippen LogP contribution >= 0.6 is 0 Å². The van der Waals surface area contributed by atoms with Crippen molar-refractivity contribution in [2.75, 3.05) is 6.54 Å². The summed E-state index contributed by atoms with van der Waals surface area (Å²) in [6.45, 7) is 3.37. The van der Waals surface area contributed by atoms with Crippen molar-refractivity contribution in [3.63, 3.8) is 0 Å². The van der Waals surface area contributed by atoms with Gasteiger partial charge in [0, 0.05) is 31.1 Å². The Hall–Kier alpha value is -3.56. The lowest BCUT2D eigenvalue weighted by atomic mass is 9.72. The number of carbonyl (C=O) groups excluding carboxylic acids is 4. The fourth-order valence-corrected chi connectivity index (χ4v) is 6.49. The molecule has 0 bridgehead atoms. The number of hydrogen-bond donors (Lipinski definition) is 1. The van der Waals surface area contributed by atoms with Crippen molar-refractivity contribution in [3.05, 3.63) is 41.2 Å². The van der Waals surface area contributed by atoms with Crippen molar-refractivity contribution in [2.45, 2.75) is 70.5 Å². The van der Waals surface area contributed by atoms with Crippen LogP contribution in [0.1, 0.15) is 78.3 Å². The molecule has 1 aliphatic carbocycles. The maximum absolute atomic E-state index is 13.4. The second kappa shape index (κ2) is 8.83. The molecule has 4 heterocycles. The number of hydrogen-bond acceptors (Lipinski definition) is 6. The van der Waals surface area contributed by atoms with Crippen molar-refractivity contribution in [2.24, 2.45) is 11.8 Å². The third-order valence-electron chi connectivity index (χ3n) is 8.49. The van der Waals surface area contributed by atoms with Crippen LogP contribution in [0.2, 0.25) is 0 Å². The zero-order valence-electron chi connectivity index (χ0n) is 20.4. The van der Waals surface area contributed by atoms with Crippen LogP contribution in [0.25, 0.3) is 5.69 Å². The normalized spacial score (nSPS) is 28.1. The van der Waals surface area contributed by atoms with Gasteiger partial charge in [-0.2, -0.15) is 0 Å². The van der Waals surface area contributed by atoms with Gasteiger partial charge in [0.25, 0.3) is 11.8 Å². The first-order valence-corrected chi connectivity index (χ1v) is 12.9. The highest BCUT2D eigenvalue weighted by Gasteiger charge is 2.41. The quantitative estimate of drug-likeness (QED) is 0.659. The highest BCUT2D eigenvalue weighted by Crippen LogP contribution is 2.39. The van der Waals surface area contributed by atoms with E-state index in [1.165, 1.54) is 22.4 Å². The number of aromatic nitrogens is 3. The molecule has 4 unspecified atom stereocenters. The molecule has 6 rings (SSSR count). The molecular formula is C26H30N6O4. The first-order valence-electron chi connectivity index (χ1n) is 12.9. The van der Waals surface area contributed by atoms with E-state index in [2.05, 4.69) is 22.6 Å². The van der Waals surface area contributed by atoms with Gasteiger partial charge in [-0.25, -0.2) is 4.68 Å². The number of nitrogens with zero attached hydrogens (tertiary/aromatic N) is 5. The van der Waals surface area contributed by atoms with Gasteiger partial charge in [0.05, 0.1) is 11.9 Å². The first-order chi connectivity index (χ1) is 17.4. The minimum absolute atomic E-state index is 0.0775. The van der Waals surface area contributed by atoms with Crippen LogP contribution in [0.4, 0.5) is 0 Å². The average Bonchev–Trinajstić information content (AvgIpc) is 3.49. The van der Waals surface area contributed by atoms with Crippen LogP contribution in [-0.4, -0.2) is 67.1 Å². The topological polar surface area (TPSA) is 118 Å². The molecule has 4 atom stereocenters. The molecule has 1 aromatic carbocycles. The van der Waals surface area contributed by atoms with Crippen molar-refractivity contribution < 1.29 is 19.2 Å². The molecule has 36 heavy (non-hydrogen) atoms. The fourth-order valence-electron chi connectivity index (χ4n) is 6.49. The fraction of sp³-hybridized carbons (Fsp3) is 0.538. The van der Waals surface area contributed by atoms with E-state index in [4.69, 9.17) is 0 Å². The average molecular weight is 491 g/mol. The van der Waals surface area contributed by atoms with Crippen LogP contribution in [0, 0.1) is 11.8 Å². The smallest absolute Gasteiger partial charge is 0.276 e. The third-order valence-corrected chi connectivity index (χ3v) is 8.49. The number of nitrogens with one attached hydrogen (secondary N) is 1. The van der Waals surface area contributed by atoms with Gasteiger partial charge in [0.1, 0.15) is 6.04 Å². The molecule has 2 aromatic rings. The number of likely N-dealkylation sites (tertiary alicyclic amines) is 1. The number of amides is 4. The Bertz CT molecular complexity index is 1250. The predicted molar refractivity (Wildman–Crippen MR) is 128 cm³/mol. The Morgan fingerprint density at radius 1 is 1.08 bits per heavy atom. The molecule has 3 fully saturated rings. The summed E-state index contributed by atoms with van der Waals surface area (Å²) in [6, 6.07) is 5.03. The minimum Gasteiger partial charge on any atom is -0.334 e. The molecule has 3 aliphatic heterocycles. The predicted octanol–water partition coefficient (Wildman–Crippen LogP) is 2.07. The van der Waals surface area contributed by atoms with Crippen LogP contribution < -0.4 is 5.32 Å². The van der Waals surface area contributed by atoms with Gasteiger partial charge < -0.3 is 9.80 Å². The van der Waals surface area contributed by atoms with Crippen LogP contribution in [0.5, 0.6) is 0 Å². The number of benzene rings is 1. The van der Waals surface area contributed by atoms with E-state index in [0.29, 0.717) is 41.7 Å². The van der Waals surface area contributed by atoms with E-state index in [-0.39, 0.29) is 30.2 Å². The number of piperidine rings is 2. The summed E-state index contributed by atoms with van der Waals surface area (Å²) in [5, 5.41) is 10.7. The summed E-state index contributed by atoms with van der Waals surface area (Å²) >= 11 is 0. The summed E-state index contributed by atoms with van der Waals surface area (Å²) in [5.74, 6) is 0.131. The van der Waals surface area contributed by atoms with Gasteiger partial charge in [-0.15, -0.1) is 5.10 Å². The molecule has 2 saturated heterocycles. The number of fused-ring (bicyclic) bond motifs is 2. The maximum atomic E-state index is 13.4. The number of carbonyl (C=O) groups is 4. The van der Waals surface area contributed by atoms with E-state index >= 15 is 0 Å². The summed E-state index contributed by atoms with van der Waals surface area (Å²) in [6.07, 6.45) is 7.81. The first kappa shape index (κ1) is 22.9. The second-order valence-corrected chi connectivity index (χ2v) is 10.6. The Balaban J connectivity index is 1.20. The molecule has 10 heteroatoms. The Kier molecular flexibility index (Phi) is 5.61. The second-order valence-electron chi connectivity index (χ2n) is 10.6. The molecule has 0 spiro atoms. The standard InChI is InChI=1S/C26H30N6O4/c1-15-10-11-30(21-5-3-2-4-18(15)21)26(36)20-14-32(29-28-20)17-7-6-16-13-31(25(35)19(16)12-17)22-8-9-23(33)27-24(22)34/h6-7,12,14-15,18,21-22H,2-5,8-11,13H2,1H3,(H,27,33,34). The molecular weight excluding hydrogens is 460 g/mol. The highest BCUT2D eigenvalue weighted by molar-refractivity contribution is 6.05. The van der Waals surface area contributed by atoms with Gasteiger partial charge in [-0.1, -0.05) is 31.0 Å². The molecule has 0 radical (unpaired) electrons. The van der Waals surface area contributed by atoms with Gasteiger partial charge >= 0.3 is 0 Å². The molecule has 1 aromatic heterocycles. The zero-order chi connectivity index (χ0) is 25.0. The van der Waals surface area contributed by atoms with E-state index in [1.807, 2.05) is 17.0 Å². The SMILES string of the molecule is CC1CCN(C(=O)c2cn(-c3ccc4c(c3)C(=O)N(C3CCC(=O)NC3=O)C4)nn2)C2CCCCC12. The van der Waals surface area contributed by atoms with Crippen molar-refractivity contribution in [3.8, 4) is 5.69 Å². The molecule has 1 saturated carbocycles. The van der Waals surface area contributed by atoms with E-state index in [9.17, 15) is 19.2 Å². The summed E-state index contributed by atoms with van der Waals surface area (Å²) in [5.41, 5.74) is 2.25. The van der Waals surface area contributed by atoms with Gasteiger partial charge in [0.2, 0.25) is 11.8 Å². The Morgan fingerprint density at radius 2 is 1.92 bits per heavy atom. The Morgan fingerprint density at radius 3 is 2.75 bits per heavy atom. The Labute approximate surface area is 209 Å². The van der Waals surface area contributed by atoms with Crippen molar-refractivity contribution >= 4 is 23.6 Å². The van der Waals surface area contributed by atoms with Crippen LogP contribution in [0.15, 0.2) is 24.4 Å². The third kappa shape index (κ3) is 3.79. The summed E-state index contributed by atoms with van der Waals surface area (Å²) < 4.78 is 1.53. The van der Waals surface area contributed by atoms with E-state index < -0.39 is 11.9 Å². The lowest BCUT2D eigenvalue weighted by molar-refractivity contribution is -0.136. The lowest BCUT2D eigenvalue weighted by Crippen LogP contribution is -2.52. The maximum Gasteiger partial charge on any atom is 0.276 e. The van der Waals surface area contributed by atoms with Gasteiger partial charge in [-0.3, -0.25) is 24.5 Å². The monoisotopic (exact) mass is 490 g/mol. The number of rotatable bonds is 3. The van der Waals surface area contributed by atoms with Crippen LogP contribution in [0.3, 0.4) is 0 Å². The van der Waals surface area contributed by atoms with Gasteiger partial charge in [0.15, 0.2) is 5.69 Å². The van der Waals surface area contributed by atoms with Crippen LogP contribution in [-0.2, 0) is 16.1 Å². The molecule has 188 valence electrons. The summed E-state index contributed by atoms with van der Waals surface area (Å²) in [4.78, 5) is 53.9. The van der Waals surface area contributed by atoms with E-state index in [1.54, 1.807) is 12.3 Å². The molecule has 4 aliphatic rings. The van der Waals surface area contributed by atoms with Crippen molar-refractivity contribution in [1.29, 1.82) is 0 Å². The van der Waals surface area contributed by atoms with Gasteiger partial charge in [-0.05, 0) is 55.2 Å². The minimum atomic E-state index is -0.655. The molecule has 10 nitrogen and oxygen atoms in total. The summed E-state index contributed by atoms with van der Waals surface area (Å²) in [7, 11) is 0. The zero-order valence-corrected chi connectivity index (χ0v) is 20.4. The van der Waals surface area contributed by atoms with E-state index in [0.717, 1.165) is 31.4 Å². The highest BCUT2D eigenvalue weighted by atomic mass is 16.2.